The van der Waals surface area contributed by atoms with Crippen LogP contribution in [-0.4, -0.2) is 19.2 Å². The molecule has 0 saturated carbocycles. The molecule has 0 N–H and O–H groups in total. The van der Waals surface area contributed by atoms with Gasteiger partial charge in [-0.05, 0) is 42.3 Å². The molecular formula is C21H19ClO5. The molecule has 3 rings (SSSR count). The summed E-state index contributed by atoms with van der Waals surface area (Å²) in [4.78, 5) is 24.8. The number of hydrogen-bond acceptors (Lipinski definition) is 5. The zero-order chi connectivity index (χ0) is 19.4. The standard InChI is InChI=1S/C21H19ClO5/c1-13(2)11-25-18(23)12-26-21-19(24)16-5-3-4-6-17(16)27-20(21)14-7-9-15(22)10-8-14/h3-10,13H,11-12H2,1-2H3. The highest BCUT2D eigenvalue weighted by Crippen LogP contribution is 2.31. The van der Waals surface area contributed by atoms with Crippen molar-refractivity contribution in [3.8, 4) is 17.1 Å². The van der Waals surface area contributed by atoms with Crippen LogP contribution in [0.5, 0.6) is 5.75 Å². The molecule has 0 amide bonds. The molecule has 0 atom stereocenters. The Kier molecular flexibility index (Phi) is 5.81. The molecule has 0 aliphatic heterocycles. The lowest BCUT2D eigenvalue weighted by atomic mass is 10.1. The van der Waals surface area contributed by atoms with Gasteiger partial charge >= 0.3 is 5.97 Å². The van der Waals surface area contributed by atoms with Gasteiger partial charge in [-0.2, -0.15) is 0 Å². The number of ether oxygens (including phenoxy) is 2. The van der Waals surface area contributed by atoms with Gasteiger partial charge in [-0.15, -0.1) is 0 Å². The molecule has 5 nitrogen and oxygen atoms in total. The van der Waals surface area contributed by atoms with Gasteiger partial charge in [-0.3, -0.25) is 4.79 Å². The molecule has 1 aromatic heterocycles. The maximum atomic E-state index is 12.9. The first-order valence-corrected chi connectivity index (χ1v) is 8.93. The smallest absolute Gasteiger partial charge is 0.344 e. The van der Waals surface area contributed by atoms with Crippen LogP contribution >= 0.6 is 11.6 Å². The lowest BCUT2D eigenvalue weighted by Crippen LogP contribution is -2.20. The van der Waals surface area contributed by atoms with Gasteiger partial charge in [0.1, 0.15) is 5.58 Å². The van der Waals surface area contributed by atoms with Crippen LogP contribution in [0.2, 0.25) is 5.02 Å². The Morgan fingerprint density at radius 1 is 1.11 bits per heavy atom. The predicted octanol–water partition coefficient (Wildman–Crippen LogP) is 4.69. The predicted molar refractivity (Wildman–Crippen MR) is 104 cm³/mol. The molecule has 2 aromatic carbocycles. The Hall–Kier alpha value is -2.79. The second-order valence-electron chi connectivity index (χ2n) is 6.46. The van der Waals surface area contributed by atoms with E-state index >= 15 is 0 Å². The minimum absolute atomic E-state index is 0.0301. The van der Waals surface area contributed by atoms with Gasteiger partial charge in [0.15, 0.2) is 12.4 Å². The first-order chi connectivity index (χ1) is 13.0. The Morgan fingerprint density at radius 3 is 2.52 bits per heavy atom. The van der Waals surface area contributed by atoms with Crippen LogP contribution in [-0.2, 0) is 9.53 Å². The molecule has 0 unspecified atom stereocenters. The largest absolute Gasteiger partial charge is 0.474 e. The summed E-state index contributed by atoms with van der Waals surface area (Å²) in [7, 11) is 0. The van der Waals surface area contributed by atoms with Crippen molar-refractivity contribution >= 4 is 28.5 Å². The van der Waals surface area contributed by atoms with Crippen LogP contribution < -0.4 is 10.2 Å². The van der Waals surface area contributed by atoms with Crippen molar-refractivity contribution in [2.75, 3.05) is 13.2 Å². The summed E-state index contributed by atoms with van der Waals surface area (Å²) < 4.78 is 16.6. The number of para-hydroxylation sites is 1. The van der Waals surface area contributed by atoms with Gasteiger partial charge < -0.3 is 13.9 Å². The third-order valence-corrected chi connectivity index (χ3v) is 4.03. The third-order valence-electron chi connectivity index (χ3n) is 3.77. The molecule has 0 saturated heterocycles. The number of carbonyl (C=O) groups excluding carboxylic acids is 1. The molecule has 140 valence electrons. The summed E-state index contributed by atoms with van der Waals surface area (Å²) in [6.07, 6.45) is 0. The van der Waals surface area contributed by atoms with Crippen molar-refractivity contribution in [3.63, 3.8) is 0 Å². The zero-order valence-electron chi connectivity index (χ0n) is 15.0. The number of esters is 1. The summed E-state index contributed by atoms with van der Waals surface area (Å²) in [6, 6.07) is 13.7. The fourth-order valence-corrected chi connectivity index (χ4v) is 2.61. The van der Waals surface area contributed by atoms with Crippen molar-refractivity contribution in [2.45, 2.75) is 13.8 Å². The van der Waals surface area contributed by atoms with Crippen LogP contribution in [0.1, 0.15) is 13.8 Å². The number of halogens is 1. The van der Waals surface area contributed by atoms with E-state index < -0.39 is 5.97 Å². The second-order valence-corrected chi connectivity index (χ2v) is 6.89. The second kappa shape index (κ2) is 8.27. The highest BCUT2D eigenvalue weighted by molar-refractivity contribution is 6.30. The van der Waals surface area contributed by atoms with Crippen molar-refractivity contribution in [1.29, 1.82) is 0 Å². The summed E-state index contributed by atoms with van der Waals surface area (Å²) in [5.74, 6) is -0.118. The normalized spacial score (nSPS) is 11.0. The van der Waals surface area contributed by atoms with E-state index in [0.717, 1.165) is 0 Å². The molecule has 0 bridgehead atoms. The van der Waals surface area contributed by atoms with Crippen LogP contribution in [0.15, 0.2) is 57.7 Å². The molecular weight excluding hydrogens is 368 g/mol. The van der Waals surface area contributed by atoms with Crippen molar-refractivity contribution in [3.05, 3.63) is 63.8 Å². The summed E-state index contributed by atoms with van der Waals surface area (Å²) in [6.45, 7) is 3.78. The lowest BCUT2D eigenvalue weighted by Gasteiger charge is -2.12. The maximum Gasteiger partial charge on any atom is 0.344 e. The fourth-order valence-electron chi connectivity index (χ4n) is 2.48. The van der Waals surface area contributed by atoms with Crippen LogP contribution in [0.3, 0.4) is 0 Å². The molecule has 3 aromatic rings. The molecule has 0 aliphatic carbocycles. The van der Waals surface area contributed by atoms with Crippen LogP contribution in [0.25, 0.3) is 22.3 Å². The van der Waals surface area contributed by atoms with Gasteiger partial charge in [0.05, 0.1) is 12.0 Å². The Labute approximate surface area is 161 Å². The van der Waals surface area contributed by atoms with Gasteiger partial charge in [-0.1, -0.05) is 37.6 Å². The van der Waals surface area contributed by atoms with E-state index in [1.165, 1.54) is 0 Å². The average Bonchev–Trinajstić information content (AvgIpc) is 2.66. The Balaban J connectivity index is 1.99. The monoisotopic (exact) mass is 386 g/mol. The minimum Gasteiger partial charge on any atom is -0.474 e. The Bertz CT molecular complexity index is 1010. The maximum absolute atomic E-state index is 12.9. The van der Waals surface area contributed by atoms with E-state index in [0.29, 0.717) is 28.2 Å². The fraction of sp³-hybridized carbons (Fsp3) is 0.238. The Morgan fingerprint density at radius 2 is 1.81 bits per heavy atom. The van der Waals surface area contributed by atoms with Gasteiger partial charge in [0, 0.05) is 10.6 Å². The van der Waals surface area contributed by atoms with E-state index in [1.807, 2.05) is 13.8 Å². The van der Waals surface area contributed by atoms with Gasteiger partial charge in [0.2, 0.25) is 11.2 Å². The molecule has 0 fully saturated rings. The van der Waals surface area contributed by atoms with Crippen molar-refractivity contribution in [2.24, 2.45) is 5.92 Å². The number of carbonyl (C=O) groups is 1. The first-order valence-electron chi connectivity index (χ1n) is 8.56. The number of rotatable bonds is 6. The van der Waals surface area contributed by atoms with E-state index in [4.69, 9.17) is 25.5 Å². The highest BCUT2D eigenvalue weighted by Gasteiger charge is 2.19. The topological polar surface area (TPSA) is 65.7 Å². The van der Waals surface area contributed by atoms with Gasteiger partial charge in [-0.25, -0.2) is 4.79 Å². The number of hydrogen-bond donors (Lipinski definition) is 0. The van der Waals surface area contributed by atoms with Gasteiger partial charge in [0.25, 0.3) is 0 Å². The van der Waals surface area contributed by atoms with E-state index in [2.05, 4.69) is 0 Å². The summed E-state index contributed by atoms with van der Waals surface area (Å²) in [5, 5.41) is 0.933. The molecule has 27 heavy (non-hydrogen) atoms. The highest BCUT2D eigenvalue weighted by atomic mass is 35.5. The molecule has 0 spiro atoms. The molecule has 6 heteroatoms. The van der Waals surface area contributed by atoms with Crippen molar-refractivity contribution in [1.82, 2.24) is 0 Å². The average molecular weight is 387 g/mol. The third kappa shape index (κ3) is 4.49. The number of fused-ring (bicyclic) bond motifs is 1. The zero-order valence-corrected chi connectivity index (χ0v) is 15.8. The SMILES string of the molecule is CC(C)COC(=O)COc1c(-c2ccc(Cl)cc2)oc2ccccc2c1=O. The molecule has 0 radical (unpaired) electrons. The molecule has 0 aliphatic rings. The van der Waals surface area contributed by atoms with E-state index in [-0.39, 0.29) is 29.5 Å². The number of benzene rings is 2. The van der Waals surface area contributed by atoms with Crippen LogP contribution in [0, 0.1) is 5.92 Å². The quantitative estimate of drug-likeness (QED) is 0.575. The first kappa shape index (κ1) is 19.0. The summed E-state index contributed by atoms with van der Waals surface area (Å²) in [5.41, 5.74) is 0.702. The summed E-state index contributed by atoms with van der Waals surface area (Å²) >= 11 is 5.94. The van der Waals surface area contributed by atoms with E-state index in [1.54, 1.807) is 48.5 Å². The van der Waals surface area contributed by atoms with E-state index in [9.17, 15) is 9.59 Å². The lowest BCUT2D eigenvalue weighted by molar-refractivity contribution is -0.147. The minimum atomic E-state index is -0.543. The van der Waals surface area contributed by atoms with Crippen molar-refractivity contribution < 1.29 is 18.7 Å². The molecule has 1 heterocycles. The van der Waals surface area contributed by atoms with Crippen LogP contribution in [0.4, 0.5) is 0 Å².